The average Bonchev–Trinajstić information content (AvgIpc) is 3.11. The quantitative estimate of drug-likeness (QED) is 0.378. The van der Waals surface area contributed by atoms with Gasteiger partial charge in [-0.2, -0.15) is 5.10 Å². The number of benzene rings is 1. The van der Waals surface area contributed by atoms with E-state index in [9.17, 15) is 0 Å². The standard InChI is InChI=1S/C20H31N7.HI/c1-4-21-20(22-14-19-23-16-24-26(19)3)25(2)15-17-8-10-18(11-9-17)27-12-6-5-7-13-27;/h8-11,16H,4-7,12-15H2,1-3H3,(H,21,22);1H. The molecule has 1 N–H and O–H groups in total. The Labute approximate surface area is 185 Å². The van der Waals surface area contributed by atoms with E-state index in [1.807, 2.05) is 7.05 Å². The first kappa shape index (κ1) is 22.4. The third-order valence-corrected chi connectivity index (χ3v) is 4.95. The van der Waals surface area contributed by atoms with Gasteiger partial charge < -0.3 is 15.1 Å². The number of nitrogens with zero attached hydrogens (tertiary/aromatic N) is 6. The third kappa shape index (κ3) is 6.08. The summed E-state index contributed by atoms with van der Waals surface area (Å²) in [5.74, 6) is 1.73. The number of hydrogen-bond acceptors (Lipinski definition) is 4. The smallest absolute Gasteiger partial charge is 0.194 e. The summed E-state index contributed by atoms with van der Waals surface area (Å²) in [6.07, 6.45) is 5.53. The topological polar surface area (TPSA) is 61.6 Å². The van der Waals surface area contributed by atoms with E-state index < -0.39 is 0 Å². The van der Waals surface area contributed by atoms with E-state index in [1.165, 1.54) is 43.6 Å². The Morgan fingerprint density at radius 1 is 1.18 bits per heavy atom. The molecule has 7 nitrogen and oxygen atoms in total. The lowest BCUT2D eigenvalue weighted by atomic mass is 10.1. The monoisotopic (exact) mass is 497 g/mol. The molecule has 0 saturated carbocycles. The van der Waals surface area contributed by atoms with Crippen molar-refractivity contribution in [2.24, 2.45) is 12.0 Å². The van der Waals surface area contributed by atoms with Crippen molar-refractivity contribution >= 4 is 35.6 Å². The second-order valence-electron chi connectivity index (χ2n) is 7.04. The van der Waals surface area contributed by atoms with Gasteiger partial charge in [-0.05, 0) is 43.9 Å². The molecule has 1 aromatic carbocycles. The number of rotatable bonds is 6. The highest BCUT2D eigenvalue weighted by Crippen LogP contribution is 2.20. The van der Waals surface area contributed by atoms with Gasteiger partial charge in [-0.1, -0.05) is 12.1 Å². The zero-order chi connectivity index (χ0) is 19.1. The van der Waals surface area contributed by atoms with Crippen LogP contribution in [0, 0.1) is 0 Å². The van der Waals surface area contributed by atoms with Crippen molar-refractivity contribution in [2.45, 2.75) is 39.3 Å². The highest BCUT2D eigenvalue weighted by atomic mass is 127. The van der Waals surface area contributed by atoms with E-state index in [4.69, 9.17) is 4.99 Å². The predicted octanol–water partition coefficient (Wildman–Crippen LogP) is 3.02. The van der Waals surface area contributed by atoms with Crippen molar-refractivity contribution < 1.29 is 0 Å². The molecule has 1 aliphatic rings. The van der Waals surface area contributed by atoms with Crippen molar-refractivity contribution in [1.29, 1.82) is 0 Å². The van der Waals surface area contributed by atoms with Crippen LogP contribution in [0.5, 0.6) is 0 Å². The van der Waals surface area contributed by atoms with Gasteiger partial charge >= 0.3 is 0 Å². The molecule has 2 aromatic rings. The molecule has 2 heterocycles. The van der Waals surface area contributed by atoms with Crippen molar-refractivity contribution in [3.8, 4) is 0 Å². The Morgan fingerprint density at radius 2 is 1.89 bits per heavy atom. The molecule has 1 aliphatic heterocycles. The first-order valence-corrected chi connectivity index (χ1v) is 9.83. The minimum Gasteiger partial charge on any atom is -0.372 e. The van der Waals surface area contributed by atoms with Gasteiger partial charge in [0.2, 0.25) is 0 Å². The molecule has 0 spiro atoms. The lowest BCUT2D eigenvalue weighted by Crippen LogP contribution is -2.38. The van der Waals surface area contributed by atoms with E-state index in [0.717, 1.165) is 24.9 Å². The van der Waals surface area contributed by atoms with E-state index in [-0.39, 0.29) is 24.0 Å². The molecule has 1 saturated heterocycles. The lowest BCUT2D eigenvalue weighted by Gasteiger charge is -2.29. The Bertz CT molecular complexity index is 735. The molecule has 0 atom stereocenters. The Kier molecular flexibility index (Phi) is 9.01. The summed E-state index contributed by atoms with van der Waals surface area (Å²) in [6, 6.07) is 8.95. The molecule has 0 unspecified atom stereocenters. The fourth-order valence-corrected chi connectivity index (χ4v) is 3.39. The second-order valence-corrected chi connectivity index (χ2v) is 7.04. The summed E-state index contributed by atoms with van der Waals surface area (Å²) in [6.45, 7) is 6.59. The third-order valence-electron chi connectivity index (χ3n) is 4.95. The summed E-state index contributed by atoms with van der Waals surface area (Å²) in [4.78, 5) is 13.6. The van der Waals surface area contributed by atoms with Gasteiger partial charge in [-0.3, -0.25) is 4.68 Å². The van der Waals surface area contributed by atoms with Crippen LogP contribution in [0.1, 0.15) is 37.6 Å². The van der Waals surface area contributed by atoms with Gasteiger partial charge in [-0.25, -0.2) is 9.98 Å². The van der Waals surface area contributed by atoms with Crippen LogP contribution in [0.4, 0.5) is 5.69 Å². The minimum absolute atomic E-state index is 0. The molecule has 1 fully saturated rings. The van der Waals surface area contributed by atoms with Crippen LogP contribution in [-0.4, -0.2) is 52.3 Å². The number of piperidine rings is 1. The number of aliphatic imine (C=N–C) groups is 1. The summed E-state index contributed by atoms with van der Waals surface area (Å²) < 4.78 is 1.76. The maximum absolute atomic E-state index is 4.70. The van der Waals surface area contributed by atoms with Crippen LogP contribution in [-0.2, 0) is 20.1 Å². The number of hydrogen-bond donors (Lipinski definition) is 1. The van der Waals surface area contributed by atoms with E-state index in [2.05, 4.69) is 63.4 Å². The van der Waals surface area contributed by atoms with E-state index in [0.29, 0.717) is 6.54 Å². The number of guanidine groups is 1. The highest BCUT2D eigenvalue weighted by Gasteiger charge is 2.12. The molecule has 28 heavy (non-hydrogen) atoms. The molecule has 1 aromatic heterocycles. The maximum Gasteiger partial charge on any atom is 0.194 e. The summed E-state index contributed by atoms with van der Waals surface area (Å²) in [5, 5.41) is 7.46. The number of nitrogens with one attached hydrogen (secondary N) is 1. The lowest BCUT2D eigenvalue weighted by molar-refractivity contribution is 0.476. The van der Waals surface area contributed by atoms with Crippen molar-refractivity contribution in [1.82, 2.24) is 25.0 Å². The van der Waals surface area contributed by atoms with Gasteiger partial charge in [-0.15, -0.1) is 24.0 Å². The van der Waals surface area contributed by atoms with Crippen molar-refractivity contribution in [3.63, 3.8) is 0 Å². The highest BCUT2D eigenvalue weighted by molar-refractivity contribution is 14.0. The Balaban J connectivity index is 0.00000280. The average molecular weight is 497 g/mol. The molecule has 154 valence electrons. The number of aromatic nitrogens is 3. The SMILES string of the molecule is CCNC(=NCc1ncnn1C)N(C)Cc1ccc(N2CCCCC2)cc1.I. The summed E-state index contributed by atoms with van der Waals surface area (Å²) in [7, 11) is 3.95. The number of halogens is 1. The molecule has 0 bridgehead atoms. The zero-order valence-corrected chi connectivity index (χ0v) is 19.5. The van der Waals surface area contributed by atoms with Crippen LogP contribution in [0.2, 0.25) is 0 Å². The van der Waals surface area contributed by atoms with Crippen LogP contribution < -0.4 is 10.2 Å². The molecule has 8 heteroatoms. The van der Waals surface area contributed by atoms with Gasteiger partial charge in [0.05, 0.1) is 0 Å². The fraction of sp³-hybridized carbons (Fsp3) is 0.550. The fourth-order valence-electron chi connectivity index (χ4n) is 3.39. The minimum atomic E-state index is 0. The number of anilines is 1. The van der Waals surface area contributed by atoms with Crippen molar-refractivity contribution in [2.75, 3.05) is 31.6 Å². The van der Waals surface area contributed by atoms with Gasteiger partial charge in [0.1, 0.15) is 18.7 Å². The Morgan fingerprint density at radius 3 is 2.50 bits per heavy atom. The molecule has 0 amide bonds. The normalized spacial score (nSPS) is 14.5. The first-order chi connectivity index (χ1) is 13.2. The number of aryl methyl sites for hydroxylation is 1. The van der Waals surface area contributed by atoms with Crippen LogP contribution in [0.3, 0.4) is 0 Å². The molecular weight excluding hydrogens is 465 g/mol. The molecule has 0 radical (unpaired) electrons. The van der Waals surface area contributed by atoms with Crippen molar-refractivity contribution in [3.05, 3.63) is 42.0 Å². The van der Waals surface area contributed by atoms with Crippen LogP contribution >= 0.6 is 24.0 Å². The summed E-state index contributed by atoms with van der Waals surface area (Å²) in [5.41, 5.74) is 2.62. The van der Waals surface area contributed by atoms with Gasteiger partial charge in [0.25, 0.3) is 0 Å². The summed E-state index contributed by atoms with van der Waals surface area (Å²) >= 11 is 0. The zero-order valence-electron chi connectivity index (χ0n) is 17.1. The maximum atomic E-state index is 4.70. The van der Waals surface area contributed by atoms with Crippen LogP contribution in [0.25, 0.3) is 0 Å². The van der Waals surface area contributed by atoms with Gasteiger partial charge in [0.15, 0.2) is 5.96 Å². The second kappa shape index (κ2) is 11.2. The first-order valence-electron chi connectivity index (χ1n) is 9.83. The molecule has 0 aliphatic carbocycles. The molecular formula is C20H32IN7. The Hall–Kier alpha value is -1.84. The largest absolute Gasteiger partial charge is 0.372 e. The molecule has 3 rings (SSSR count). The van der Waals surface area contributed by atoms with Crippen LogP contribution in [0.15, 0.2) is 35.6 Å². The predicted molar refractivity (Wildman–Crippen MR) is 125 cm³/mol. The van der Waals surface area contributed by atoms with Gasteiger partial charge in [0, 0.05) is 46.0 Å². The van der Waals surface area contributed by atoms with E-state index >= 15 is 0 Å². The van der Waals surface area contributed by atoms with E-state index in [1.54, 1.807) is 11.0 Å².